The van der Waals surface area contributed by atoms with E-state index >= 15 is 0 Å². The number of aromatic nitrogens is 2. The molecular formula is C12H16N2O. The molecule has 3 heteroatoms. The van der Waals surface area contributed by atoms with Crippen LogP contribution in [0.25, 0.3) is 10.9 Å². The van der Waals surface area contributed by atoms with Gasteiger partial charge in [0.1, 0.15) is 0 Å². The van der Waals surface area contributed by atoms with Gasteiger partial charge in [-0.3, -0.25) is 14.2 Å². The quantitative estimate of drug-likeness (QED) is 0.698. The first-order valence-electron chi connectivity index (χ1n) is 5.18. The zero-order valence-corrected chi connectivity index (χ0v) is 9.61. The lowest BCUT2D eigenvalue weighted by atomic mass is 10.0. The van der Waals surface area contributed by atoms with E-state index in [-0.39, 0.29) is 5.56 Å². The van der Waals surface area contributed by atoms with Crippen molar-refractivity contribution >= 4 is 10.9 Å². The van der Waals surface area contributed by atoms with E-state index in [0.29, 0.717) is 5.92 Å². The number of benzene rings is 1. The van der Waals surface area contributed by atoms with E-state index in [2.05, 4.69) is 19.9 Å². The third kappa shape index (κ3) is 1.39. The van der Waals surface area contributed by atoms with Gasteiger partial charge in [-0.1, -0.05) is 19.9 Å². The van der Waals surface area contributed by atoms with Gasteiger partial charge in [0.15, 0.2) is 0 Å². The zero-order chi connectivity index (χ0) is 11.2. The van der Waals surface area contributed by atoms with Crippen molar-refractivity contribution in [2.75, 3.05) is 0 Å². The number of rotatable bonds is 1. The maximum atomic E-state index is 11.9. The molecule has 0 fully saturated rings. The van der Waals surface area contributed by atoms with Gasteiger partial charge in [-0.2, -0.15) is 0 Å². The summed E-state index contributed by atoms with van der Waals surface area (Å²) in [5, 5.41) is 0.811. The molecule has 0 N–H and O–H groups in total. The molecule has 0 aliphatic heterocycles. The molecule has 0 spiro atoms. The van der Waals surface area contributed by atoms with Crippen LogP contribution in [0.1, 0.15) is 25.3 Å². The van der Waals surface area contributed by atoms with Crippen LogP contribution in [-0.2, 0) is 14.1 Å². The fourth-order valence-electron chi connectivity index (χ4n) is 1.84. The number of hydrogen-bond donors (Lipinski definition) is 0. The predicted molar refractivity (Wildman–Crippen MR) is 62.2 cm³/mol. The van der Waals surface area contributed by atoms with Crippen molar-refractivity contribution < 1.29 is 0 Å². The van der Waals surface area contributed by atoms with Crippen LogP contribution in [-0.4, -0.2) is 9.36 Å². The molecule has 15 heavy (non-hydrogen) atoms. The first-order valence-corrected chi connectivity index (χ1v) is 5.18. The molecule has 0 bridgehead atoms. The molecular weight excluding hydrogens is 188 g/mol. The second kappa shape index (κ2) is 3.26. The molecule has 1 aromatic heterocycles. The summed E-state index contributed by atoms with van der Waals surface area (Å²) in [5.41, 5.74) is 2.28. The van der Waals surface area contributed by atoms with Crippen molar-refractivity contribution in [1.29, 1.82) is 0 Å². The summed E-state index contributed by atoms with van der Waals surface area (Å²) in [6.07, 6.45) is 0. The van der Waals surface area contributed by atoms with E-state index in [4.69, 9.17) is 0 Å². The predicted octanol–water partition coefficient (Wildman–Crippen LogP) is 2.00. The number of nitrogens with zero attached hydrogens (tertiary/aromatic N) is 2. The monoisotopic (exact) mass is 204 g/mol. The SMILES string of the molecule is CC(C)c1ccc2c(c1)c(=O)n(C)n2C. The highest BCUT2D eigenvalue weighted by Gasteiger charge is 2.09. The lowest BCUT2D eigenvalue weighted by Gasteiger charge is -2.04. The Kier molecular flexibility index (Phi) is 2.18. The van der Waals surface area contributed by atoms with Crippen molar-refractivity contribution in [3.63, 3.8) is 0 Å². The highest BCUT2D eigenvalue weighted by molar-refractivity contribution is 5.79. The summed E-state index contributed by atoms with van der Waals surface area (Å²) in [6.45, 7) is 4.27. The Hall–Kier alpha value is -1.51. The van der Waals surface area contributed by atoms with Gasteiger partial charge in [0.2, 0.25) is 0 Å². The molecule has 1 aromatic carbocycles. The lowest BCUT2D eigenvalue weighted by Crippen LogP contribution is -2.16. The fraction of sp³-hybridized carbons (Fsp3) is 0.417. The van der Waals surface area contributed by atoms with Gasteiger partial charge in [0.05, 0.1) is 10.9 Å². The van der Waals surface area contributed by atoms with Gasteiger partial charge < -0.3 is 0 Å². The Morgan fingerprint density at radius 3 is 2.40 bits per heavy atom. The summed E-state index contributed by atoms with van der Waals surface area (Å²) in [4.78, 5) is 11.9. The minimum atomic E-state index is 0.0787. The Morgan fingerprint density at radius 1 is 1.13 bits per heavy atom. The van der Waals surface area contributed by atoms with E-state index in [1.165, 1.54) is 5.56 Å². The summed E-state index contributed by atoms with van der Waals surface area (Å²) in [7, 11) is 3.69. The third-order valence-corrected chi connectivity index (χ3v) is 3.01. The standard InChI is InChI=1S/C12H16N2O/c1-8(2)9-5-6-11-10(7-9)12(15)14(4)13(11)3/h5-8H,1-4H3. The van der Waals surface area contributed by atoms with Crippen molar-refractivity contribution in [3.05, 3.63) is 34.1 Å². The number of hydrogen-bond acceptors (Lipinski definition) is 1. The summed E-state index contributed by atoms with van der Waals surface area (Å²) in [5.74, 6) is 0.458. The van der Waals surface area contributed by atoms with Crippen LogP contribution in [0, 0.1) is 0 Å². The third-order valence-electron chi connectivity index (χ3n) is 3.01. The maximum Gasteiger partial charge on any atom is 0.274 e. The second-order valence-corrected chi connectivity index (χ2v) is 4.28. The Balaban J connectivity index is 2.83. The second-order valence-electron chi connectivity index (χ2n) is 4.28. The smallest absolute Gasteiger partial charge is 0.274 e. The van der Waals surface area contributed by atoms with E-state index in [9.17, 15) is 4.79 Å². The molecule has 0 aliphatic rings. The molecule has 1 heterocycles. The zero-order valence-electron chi connectivity index (χ0n) is 9.61. The first-order chi connectivity index (χ1) is 7.02. The average molecular weight is 204 g/mol. The Labute approximate surface area is 88.9 Å². The summed E-state index contributed by atoms with van der Waals surface area (Å²) >= 11 is 0. The molecule has 0 saturated heterocycles. The Morgan fingerprint density at radius 2 is 1.80 bits per heavy atom. The fourth-order valence-corrected chi connectivity index (χ4v) is 1.84. The molecule has 2 rings (SSSR count). The topological polar surface area (TPSA) is 26.9 Å². The minimum absolute atomic E-state index is 0.0787. The molecule has 80 valence electrons. The van der Waals surface area contributed by atoms with Crippen molar-refractivity contribution in [1.82, 2.24) is 9.36 Å². The van der Waals surface area contributed by atoms with Gasteiger partial charge in [0.25, 0.3) is 5.56 Å². The van der Waals surface area contributed by atoms with Crippen molar-refractivity contribution in [2.45, 2.75) is 19.8 Å². The lowest BCUT2D eigenvalue weighted by molar-refractivity contribution is 0.595. The maximum absolute atomic E-state index is 11.9. The average Bonchev–Trinajstić information content (AvgIpc) is 2.44. The molecule has 0 atom stereocenters. The van der Waals surface area contributed by atoms with Gasteiger partial charge >= 0.3 is 0 Å². The molecule has 0 unspecified atom stereocenters. The first kappa shape index (κ1) is 10.0. The Bertz CT molecular complexity index is 561. The van der Waals surface area contributed by atoms with Gasteiger partial charge in [-0.15, -0.1) is 0 Å². The van der Waals surface area contributed by atoms with E-state index in [1.807, 2.05) is 23.9 Å². The highest BCUT2D eigenvalue weighted by Crippen LogP contribution is 2.18. The van der Waals surface area contributed by atoms with E-state index in [1.54, 1.807) is 11.7 Å². The van der Waals surface area contributed by atoms with Crippen LogP contribution < -0.4 is 5.56 Å². The number of aryl methyl sites for hydroxylation is 1. The normalized spacial score (nSPS) is 11.5. The van der Waals surface area contributed by atoms with E-state index < -0.39 is 0 Å². The molecule has 0 saturated carbocycles. The van der Waals surface area contributed by atoms with Crippen LogP contribution in [0.5, 0.6) is 0 Å². The van der Waals surface area contributed by atoms with Crippen LogP contribution >= 0.6 is 0 Å². The summed E-state index contributed by atoms with van der Waals surface area (Å²) in [6, 6.07) is 6.11. The van der Waals surface area contributed by atoms with Crippen LogP contribution in [0.2, 0.25) is 0 Å². The minimum Gasteiger partial charge on any atom is -0.285 e. The molecule has 0 amide bonds. The van der Waals surface area contributed by atoms with Crippen molar-refractivity contribution in [2.24, 2.45) is 14.1 Å². The van der Waals surface area contributed by atoms with Gasteiger partial charge in [-0.05, 0) is 23.6 Å². The largest absolute Gasteiger partial charge is 0.285 e. The highest BCUT2D eigenvalue weighted by atomic mass is 16.1. The van der Waals surface area contributed by atoms with Crippen LogP contribution in [0.3, 0.4) is 0 Å². The number of fused-ring (bicyclic) bond motifs is 1. The van der Waals surface area contributed by atoms with Crippen LogP contribution in [0.15, 0.2) is 23.0 Å². The van der Waals surface area contributed by atoms with E-state index in [0.717, 1.165) is 10.9 Å². The molecule has 0 radical (unpaired) electrons. The summed E-state index contributed by atoms with van der Waals surface area (Å²) < 4.78 is 3.51. The van der Waals surface area contributed by atoms with Gasteiger partial charge in [-0.25, -0.2) is 0 Å². The molecule has 3 nitrogen and oxygen atoms in total. The van der Waals surface area contributed by atoms with Crippen LogP contribution in [0.4, 0.5) is 0 Å². The van der Waals surface area contributed by atoms with Crippen molar-refractivity contribution in [3.8, 4) is 0 Å². The van der Waals surface area contributed by atoms with Gasteiger partial charge in [0, 0.05) is 14.1 Å². The molecule has 0 aliphatic carbocycles. The molecule has 2 aromatic rings.